The van der Waals surface area contributed by atoms with Crippen molar-refractivity contribution in [2.45, 2.75) is 267 Å². The van der Waals surface area contributed by atoms with Crippen LogP contribution < -0.4 is 122 Å². The second-order valence-electron chi connectivity index (χ2n) is 40.0. The smallest absolute Gasteiger partial charge is 1.00 e. The average Bonchev–Trinajstić information content (AvgIpc) is 1.40. The number of hydrogen-bond acceptors (Lipinski definition) is 18. The van der Waals surface area contributed by atoms with Crippen molar-refractivity contribution in [3.8, 4) is 17.2 Å². The van der Waals surface area contributed by atoms with Crippen LogP contribution in [0.3, 0.4) is 0 Å². The Morgan fingerprint density at radius 1 is 0.496 bits per heavy atom. The van der Waals surface area contributed by atoms with E-state index < -0.39 is 16.8 Å². The van der Waals surface area contributed by atoms with Gasteiger partial charge in [0.1, 0.15) is 46.1 Å². The Labute approximate surface area is 817 Å². The average molecular weight is 1800 g/mol. The van der Waals surface area contributed by atoms with Gasteiger partial charge in [0.15, 0.2) is 11.6 Å². The van der Waals surface area contributed by atoms with Gasteiger partial charge in [0, 0.05) is 61.4 Å². The van der Waals surface area contributed by atoms with Gasteiger partial charge >= 0.3 is 103 Å². The van der Waals surface area contributed by atoms with Gasteiger partial charge in [0.2, 0.25) is 0 Å². The normalized spacial score (nSPS) is 37.9. The predicted octanol–water partition coefficient (Wildman–Crippen LogP) is 12.3. The van der Waals surface area contributed by atoms with Crippen LogP contribution in [0.5, 0.6) is 17.2 Å². The van der Waals surface area contributed by atoms with Crippen LogP contribution >= 0.6 is 15.9 Å². The first kappa shape index (κ1) is 102. The van der Waals surface area contributed by atoms with Crippen molar-refractivity contribution in [3.05, 3.63) is 73.2 Å². The molecule has 0 saturated heterocycles. The fourth-order valence-electron chi connectivity index (χ4n) is 29.4. The number of methoxy groups -OCH3 is 6. The summed E-state index contributed by atoms with van der Waals surface area (Å²) in [5, 5.41) is 60.6. The fourth-order valence-corrected chi connectivity index (χ4v) is 29.8. The summed E-state index contributed by atoms with van der Waals surface area (Å²) in [6.45, 7) is 16.3. The number of H-pyrrole nitrogens is 1. The SMILES string of the molecule is C.C.C.COC[C@]12CC[C@@](C)(O)C[C@@H]1CC[C@H]1[C@@H]3CC[C@H](C(=O)CBr)[C@@]3(C)CC[C@@H]12.COC[C@]12CC[C@@](C)(O)C[C@@H]1CC[C@H]1[C@@H]3CC[C@H](C(=O)Cn4cc5cccc(OC)c5n4)[C@@]3(C)CC[C@@H]12.COC[C@]12CC[C@@](C)(O)C[C@@H]1CC[C@H]1[C@@H]3CC[C@H](C(=O)Cn4ncc5cccc(OC)c54)[C@@]3(C)CC[C@@H]12.COc1cccc2cn[nH]c12.O=CO[O-].[H-].[K+].[K+]. The van der Waals surface area contributed by atoms with Crippen LogP contribution in [-0.4, -0.2) is 154 Å². The minimum Gasteiger partial charge on any atom is -1.00 e. The number of carbonyl (C=O) groups excluding carboxylic acids is 4. The van der Waals surface area contributed by atoms with Gasteiger partial charge in [-0.05, 0) is 316 Å². The Balaban J connectivity index is 0.000000206. The molecule has 121 heavy (non-hydrogen) atoms. The van der Waals surface area contributed by atoms with Crippen LogP contribution in [0.1, 0.15) is 239 Å². The third-order valence-electron chi connectivity index (χ3n) is 34.4. The zero-order chi connectivity index (χ0) is 82.5. The van der Waals surface area contributed by atoms with E-state index in [1.807, 2.05) is 118 Å². The molecule has 12 saturated carbocycles. The van der Waals surface area contributed by atoms with E-state index in [2.05, 4.69) is 56.9 Å². The molecule has 12 aliphatic rings. The Morgan fingerprint density at radius 2 is 0.884 bits per heavy atom. The number of ether oxygens (including phenoxy) is 6. The molecule has 12 aliphatic carbocycles. The maximum atomic E-state index is 13.9. The molecule has 0 bridgehead atoms. The molecule has 0 radical (unpaired) electrons. The van der Waals surface area contributed by atoms with E-state index in [1.54, 1.807) is 27.5 Å². The largest absolute Gasteiger partial charge is 1.00 e. The molecule has 6 aromatic rings. The summed E-state index contributed by atoms with van der Waals surface area (Å²) >= 11 is 3.43. The molecule has 4 N–H and O–H groups in total. The summed E-state index contributed by atoms with van der Waals surface area (Å²) in [6.07, 6.45) is 35.3. The fraction of sp³-hybridized carbons (Fsp3) is 0.742. The topological polar surface area (TPSA) is 281 Å². The van der Waals surface area contributed by atoms with Gasteiger partial charge in [0.25, 0.3) is 6.47 Å². The summed E-state index contributed by atoms with van der Waals surface area (Å²) in [5.74, 6) is 11.6. The van der Waals surface area contributed by atoms with Crippen LogP contribution in [0.15, 0.2) is 73.2 Å². The minimum atomic E-state index is -0.540. The van der Waals surface area contributed by atoms with E-state index in [0.29, 0.717) is 101 Å². The first-order chi connectivity index (χ1) is 55.5. The number of Topliss-reactive ketones (excluding diaryl/α,β-unsaturated/α-hetero) is 3. The van der Waals surface area contributed by atoms with Gasteiger partial charge in [0.05, 0.1) is 82.2 Å². The first-order valence-corrected chi connectivity index (χ1v) is 45.1. The summed E-state index contributed by atoms with van der Waals surface area (Å²) in [6, 6.07) is 17.7. The summed E-state index contributed by atoms with van der Waals surface area (Å²) in [5.41, 5.74) is 2.07. The predicted molar refractivity (Wildman–Crippen MR) is 469 cm³/mol. The molecule has 12 fully saturated rings. The molecule has 3 aromatic heterocycles. The standard InChI is InChI=1S/2C31H44N2O4.C23H37BrO3.C8H8N2O.CH2O3.3CH4.2K.H/c1-29(35)14-15-31(19-36-3)21(16-29)8-9-22-23-10-11-25(30(23,2)13-12-24(22)31)26(34)18-33-17-20-6-5-7-27(37-4)28(20)32-33;1-29(35)14-15-31(19-36-3)21(16-29)8-9-22-23-10-11-25(30(23,2)13-12-24(22)31)26(34)18-33-28-20(17-32-33)6-5-7-27(28)37-4;1-21(26)10-11-23(14-27-3)15(12-21)4-5-16-17-6-7-19(20(25)13-24)22(17,2)9-8-18(16)23;1-11-7-4-2-3-6-5-9-10-8(6)7;2-1-4-3;;;;;;/h2*5-7,17,21-25,35H,8-16,18-19H2,1-4H3;15-19,26H,4-14H2,1-3H3;2-5H,1H3,(H,9,10);1,3H;3*1H4;;;/q;;;;;;;;2*+1;-1/p-1/t2*21-,22-,23-,24-,25+,29+,30-,31+;15-,16-,17-,18-,19+,21+,22-,23+;;;;;;;;/m000......../s1. The molecular formula is C97H147BrK2N6O15. The van der Waals surface area contributed by atoms with E-state index in [9.17, 15) is 29.7 Å². The molecule has 0 unspecified atom stereocenters. The number of para-hydroxylation sites is 2. The molecule has 18 rings (SSSR count). The number of rotatable bonds is 18. The van der Waals surface area contributed by atoms with Gasteiger partial charge in [-0.15, -0.1) is 0 Å². The van der Waals surface area contributed by atoms with Gasteiger partial charge in [-0.2, -0.15) is 15.3 Å². The number of alkyl halides is 1. The number of ketones is 3. The maximum absolute atomic E-state index is 13.9. The number of fused-ring (bicyclic) bond motifs is 18. The Morgan fingerprint density at radius 3 is 1.29 bits per heavy atom. The summed E-state index contributed by atoms with van der Waals surface area (Å²) < 4.78 is 37.5. The van der Waals surface area contributed by atoms with E-state index >= 15 is 0 Å². The number of benzene rings is 3. The monoisotopic (exact) mass is 1790 g/mol. The van der Waals surface area contributed by atoms with Crippen LogP contribution in [0.2, 0.25) is 0 Å². The van der Waals surface area contributed by atoms with Gasteiger partial charge in [-0.25, -0.2) is 0 Å². The zero-order valence-electron chi connectivity index (χ0n) is 74.4. The maximum Gasteiger partial charge on any atom is 1.00 e. The van der Waals surface area contributed by atoms with Crippen LogP contribution in [-0.2, 0) is 51.4 Å². The molecule has 3 heterocycles. The van der Waals surface area contributed by atoms with Gasteiger partial charge in [-0.1, -0.05) is 95.4 Å². The second kappa shape index (κ2) is 41.7. The van der Waals surface area contributed by atoms with Gasteiger partial charge < -0.3 is 55.3 Å². The molecule has 0 amide bonds. The number of halogens is 1. The van der Waals surface area contributed by atoms with Crippen LogP contribution in [0, 0.1) is 121 Å². The molecule has 21 nitrogen and oxygen atoms in total. The third kappa shape index (κ3) is 19.5. The summed E-state index contributed by atoms with van der Waals surface area (Å²) in [4.78, 5) is 51.5. The number of carbonyl (C=O) groups is 4. The molecule has 0 aliphatic heterocycles. The van der Waals surface area contributed by atoms with E-state index in [4.69, 9.17) is 43.6 Å². The Hall–Kier alpha value is -2.58. The van der Waals surface area contributed by atoms with E-state index in [0.717, 1.165) is 178 Å². The minimum absolute atomic E-state index is 0. The van der Waals surface area contributed by atoms with Crippen molar-refractivity contribution in [3.63, 3.8) is 0 Å². The first-order valence-electron chi connectivity index (χ1n) is 44.0. The van der Waals surface area contributed by atoms with Crippen molar-refractivity contribution in [2.24, 2.45) is 121 Å². The zero-order valence-corrected chi connectivity index (χ0v) is 81.2. The summed E-state index contributed by atoms with van der Waals surface area (Å²) in [7, 11) is 10.5. The molecule has 24 heteroatoms. The number of aliphatic hydroxyl groups is 3. The van der Waals surface area contributed by atoms with E-state index in [1.165, 1.54) is 70.6 Å². The van der Waals surface area contributed by atoms with Gasteiger partial charge in [-0.3, -0.25) is 33.6 Å². The number of aromatic nitrogens is 6. The Kier molecular flexibility index (Phi) is 35.2. The molecule has 3 aromatic carbocycles. The van der Waals surface area contributed by atoms with E-state index in [-0.39, 0.29) is 183 Å². The van der Waals surface area contributed by atoms with Crippen LogP contribution in [0.25, 0.3) is 32.7 Å². The molecule has 0 spiro atoms. The Bertz CT molecular complexity index is 4440. The van der Waals surface area contributed by atoms with Crippen molar-refractivity contribution < 1.29 is 177 Å². The molecule has 24 atom stereocenters. The number of hydrogen-bond donors (Lipinski definition) is 4. The quantitative estimate of drug-likeness (QED) is 0.0204. The van der Waals surface area contributed by atoms with Crippen molar-refractivity contribution in [1.82, 2.24) is 29.8 Å². The van der Waals surface area contributed by atoms with Crippen molar-refractivity contribution in [1.29, 1.82) is 0 Å². The van der Waals surface area contributed by atoms with Crippen molar-refractivity contribution >= 4 is 72.5 Å². The van der Waals surface area contributed by atoms with Crippen molar-refractivity contribution in [2.75, 3.05) is 67.8 Å². The van der Waals surface area contributed by atoms with Crippen LogP contribution in [0.4, 0.5) is 0 Å². The molecular weight excluding hydrogens is 1650 g/mol. The number of nitrogens with one attached hydrogen (secondary N) is 1. The number of aromatic amines is 1. The second-order valence-corrected chi connectivity index (χ2v) is 40.6. The molecule has 664 valence electrons. The number of nitrogens with zero attached hydrogens (tertiary/aromatic N) is 5. The third-order valence-corrected chi connectivity index (χ3v) is 35.0.